The zero-order chi connectivity index (χ0) is 18.1. The van der Waals surface area contributed by atoms with Gasteiger partial charge in [0.05, 0.1) is 5.70 Å². The van der Waals surface area contributed by atoms with Crippen LogP contribution in [0.1, 0.15) is 28.6 Å². The minimum absolute atomic E-state index is 0.00180. The van der Waals surface area contributed by atoms with Crippen LogP contribution in [-0.2, 0) is 6.42 Å². The van der Waals surface area contributed by atoms with Crippen molar-refractivity contribution >= 4 is 29.1 Å². The van der Waals surface area contributed by atoms with Crippen LogP contribution in [0.25, 0.3) is 5.70 Å². The second kappa shape index (κ2) is 7.15. The van der Waals surface area contributed by atoms with Gasteiger partial charge < -0.3 is 5.73 Å². The van der Waals surface area contributed by atoms with Gasteiger partial charge in [-0.15, -0.1) is 10.2 Å². The fraction of sp³-hybridized carbons (Fsp3) is 0.158. The number of benzene rings is 2. The van der Waals surface area contributed by atoms with Crippen molar-refractivity contribution in [3.63, 3.8) is 0 Å². The van der Waals surface area contributed by atoms with Crippen molar-refractivity contribution in [2.75, 3.05) is 5.43 Å². The van der Waals surface area contributed by atoms with Crippen molar-refractivity contribution in [3.8, 4) is 0 Å². The number of aryl methyl sites for hydroxylation is 1. The van der Waals surface area contributed by atoms with E-state index in [2.05, 4.69) is 39.6 Å². The molecule has 1 atom stereocenters. The van der Waals surface area contributed by atoms with Crippen LogP contribution in [0.4, 0.5) is 0 Å². The average molecular weight is 385 g/mol. The first-order valence-electron chi connectivity index (χ1n) is 8.34. The van der Waals surface area contributed by atoms with Crippen LogP contribution in [-0.4, -0.2) is 14.9 Å². The Balaban J connectivity index is 1.58. The molecule has 3 aromatic rings. The van der Waals surface area contributed by atoms with Gasteiger partial charge in [-0.3, -0.25) is 5.43 Å². The van der Waals surface area contributed by atoms with E-state index >= 15 is 0 Å². The Bertz CT molecular complexity index is 967. The average Bonchev–Trinajstić information content (AvgIpc) is 3.08. The Morgan fingerprint density at radius 2 is 2.00 bits per heavy atom. The van der Waals surface area contributed by atoms with E-state index in [1.165, 1.54) is 5.56 Å². The second-order valence-electron chi connectivity index (χ2n) is 6.29. The number of fused-ring (bicyclic) bond motifs is 1. The van der Waals surface area contributed by atoms with Crippen LogP contribution < -0.4 is 11.2 Å². The monoisotopic (exact) mass is 384 g/mol. The van der Waals surface area contributed by atoms with E-state index in [0.29, 0.717) is 0 Å². The van der Waals surface area contributed by atoms with E-state index in [0.717, 1.165) is 39.2 Å². The first-order valence-corrected chi connectivity index (χ1v) is 9.60. The second-order valence-corrected chi connectivity index (χ2v) is 7.53. The quantitative estimate of drug-likeness (QED) is 0.723. The summed E-state index contributed by atoms with van der Waals surface area (Å²) >= 11 is 7.70. The summed E-state index contributed by atoms with van der Waals surface area (Å²) in [6, 6.07) is 16.3. The summed E-state index contributed by atoms with van der Waals surface area (Å²) < 4.78 is 1.94. The highest BCUT2D eigenvalue weighted by Crippen LogP contribution is 2.31. The third kappa shape index (κ3) is 3.35. The summed E-state index contributed by atoms with van der Waals surface area (Å²) in [5.41, 5.74) is 12.1. The molecule has 0 bridgehead atoms. The lowest BCUT2D eigenvalue weighted by Gasteiger charge is -2.20. The smallest absolute Gasteiger partial charge is 0.214 e. The lowest BCUT2D eigenvalue weighted by Crippen LogP contribution is -2.56. The number of thioether (sulfide) groups is 1. The van der Waals surface area contributed by atoms with Gasteiger partial charge in [0, 0.05) is 22.4 Å². The van der Waals surface area contributed by atoms with Gasteiger partial charge in [-0.05, 0) is 30.2 Å². The van der Waals surface area contributed by atoms with Crippen LogP contribution in [0, 0.1) is 6.92 Å². The zero-order valence-corrected chi connectivity index (χ0v) is 15.9. The van der Waals surface area contributed by atoms with Crippen LogP contribution in [0.15, 0.2) is 59.1 Å². The maximum absolute atomic E-state index is 6.15. The van der Waals surface area contributed by atoms with E-state index in [-0.39, 0.29) is 6.04 Å². The SMILES string of the molecule is Cc1cc(C2=CSc3nnc([C@@H]([NH3+])Cc4ccccc4)n3N2)ccc1Cl. The summed E-state index contributed by atoms with van der Waals surface area (Å²) in [6.45, 7) is 2.00. The number of aromatic nitrogens is 3. The van der Waals surface area contributed by atoms with E-state index in [1.807, 2.05) is 47.3 Å². The van der Waals surface area contributed by atoms with Crippen molar-refractivity contribution in [2.24, 2.45) is 0 Å². The molecule has 0 fully saturated rings. The fourth-order valence-electron chi connectivity index (χ4n) is 2.92. The molecule has 26 heavy (non-hydrogen) atoms. The van der Waals surface area contributed by atoms with Crippen LogP contribution in [0.2, 0.25) is 5.02 Å². The lowest BCUT2D eigenvalue weighted by atomic mass is 10.1. The predicted molar refractivity (Wildman–Crippen MR) is 105 cm³/mol. The molecule has 1 aromatic heterocycles. The predicted octanol–water partition coefficient (Wildman–Crippen LogP) is 3.41. The molecule has 4 rings (SSSR count). The van der Waals surface area contributed by atoms with Crippen molar-refractivity contribution in [2.45, 2.75) is 24.5 Å². The highest BCUT2D eigenvalue weighted by atomic mass is 35.5. The normalized spacial score (nSPS) is 14.3. The van der Waals surface area contributed by atoms with E-state index in [4.69, 9.17) is 11.6 Å². The van der Waals surface area contributed by atoms with Crippen LogP contribution in [0.5, 0.6) is 0 Å². The topological polar surface area (TPSA) is 70.4 Å². The van der Waals surface area contributed by atoms with Crippen LogP contribution in [0.3, 0.4) is 0 Å². The van der Waals surface area contributed by atoms with Crippen LogP contribution >= 0.6 is 23.4 Å². The zero-order valence-electron chi connectivity index (χ0n) is 14.3. The Morgan fingerprint density at radius 3 is 2.77 bits per heavy atom. The molecule has 0 unspecified atom stereocenters. The molecule has 0 aliphatic carbocycles. The van der Waals surface area contributed by atoms with Crippen molar-refractivity contribution in [1.82, 2.24) is 14.9 Å². The number of hydrogen-bond acceptors (Lipinski definition) is 4. The Hall–Kier alpha value is -2.28. The maximum atomic E-state index is 6.15. The molecule has 2 aromatic carbocycles. The van der Waals surface area contributed by atoms with Gasteiger partial charge in [0.15, 0.2) is 6.04 Å². The largest absolute Gasteiger partial charge is 0.348 e. The number of quaternary nitrogens is 1. The molecular formula is C19H19ClN5S+. The minimum atomic E-state index is -0.00180. The molecule has 0 amide bonds. The van der Waals surface area contributed by atoms with Gasteiger partial charge in [-0.25, -0.2) is 4.68 Å². The molecule has 2 heterocycles. The Labute approximate surface area is 161 Å². The Morgan fingerprint density at radius 1 is 1.19 bits per heavy atom. The molecule has 4 N–H and O–H groups in total. The molecule has 7 heteroatoms. The summed E-state index contributed by atoms with van der Waals surface area (Å²) in [6.07, 6.45) is 0.810. The number of rotatable bonds is 4. The van der Waals surface area contributed by atoms with E-state index < -0.39 is 0 Å². The maximum Gasteiger partial charge on any atom is 0.214 e. The molecule has 0 radical (unpaired) electrons. The highest BCUT2D eigenvalue weighted by molar-refractivity contribution is 8.02. The number of hydrogen-bond donors (Lipinski definition) is 2. The summed E-state index contributed by atoms with van der Waals surface area (Å²) in [5.74, 6) is 0.827. The molecule has 0 saturated heterocycles. The fourth-order valence-corrected chi connectivity index (χ4v) is 3.78. The van der Waals surface area contributed by atoms with E-state index in [9.17, 15) is 0 Å². The molecule has 5 nitrogen and oxygen atoms in total. The first kappa shape index (κ1) is 17.1. The first-order chi connectivity index (χ1) is 12.6. The third-order valence-electron chi connectivity index (χ3n) is 4.33. The van der Waals surface area contributed by atoms with Crippen molar-refractivity contribution in [3.05, 3.63) is 81.5 Å². The molecule has 0 spiro atoms. The van der Waals surface area contributed by atoms with Gasteiger partial charge >= 0.3 is 0 Å². The number of nitrogens with one attached hydrogen (secondary N) is 1. The molecule has 1 aliphatic rings. The standard InChI is InChI=1S/C19H18ClN5S/c1-12-9-14(7-8-15(12)20)17-11-26-19-23-22-18(25(19)24-17)16(21)10-13-5-3-2-4-6-13/h2-9,11,16,24H,10,21H2,1H3/p+1/t16-/m0/s1. The molecule has 0 saturated carbocycles. The third-order valence-corrected chi connectivity index (χ3v) is 5.58. The van der Waals surface area contributed by atoms with Gasteiger partial charge in [0.25, 0.3) is 0 Å². The highest BCUT2D eigenvalue weighted by Gasteiger charge is 2.24. The number of halogens is 1. The van der Waals surface area contributed by atoms with Crippen molar-refractivity contribution in [1.29, 1.82) is 0 Å². The molecular weight excluding hydrogens is 366 g/mol. The summed E-state index contributed by atoms with van der Waals surface area (Å²) in [7, 11) is 0. The molecule has 132 valence electrons. The lowest BCUT2D eigenvalue weighted by molar-refractivity contribution is -0.428. The summed E-state index contributed by atoms with van der Waals surface area (Å²) in [4.78, 5) is 0. The minimum Gasteiger partial charge on any atom is -0.348 e. The molecule has 1 aliphatic heterocycles. The van der Waals surface area contributed by atoms with Crippen molar-refractivity contribution < 1.29 is 5.73 Å². The summed E-state index contributed by atoms with van der Waals surface area (Å²) in [5, 5.41) is 12.3. The Kier molecular flexibility index (Phi) is 4.72. The number of nitrogens with zero attached hydrogens (tertiary/aromatic N) is 3. The van der Waals surface area contributed by atoms with Gasteiger partial charge in [0.1, 0.15) is 0 Å². The van der Waals surface area contributed by atoms with Gasteiger partial charge in [0.2, 0.25) is 11.0 Å². The van der Waals surface area contributed by atoms with Gasteiger partial charge in [-0.2, -0.15) is 0 Å². The van der Waals surface area contributed by atoms with E-state index in [1.54, 1.807) is 11.8 Å². The van der Waals surface area contributed by atoms with Gasteiger partial charge in [-0.1, -0.05) is 59.8 Å².